The predicted molar refractivity (Wildman–Crippen MR) is 60.5 cm³/mol. The lowest BCUT2D eigenvalue weighted by Crippen LogP contribution is -1.94. The fourth-order valence-electron chi connectivity index (χ4n) is 0.911. The Hall–Kier alpha value is -0.720. The predicted octanol–water partition coefficient (Wildman–Crippen LogP) is 2.75. The largest absolute Gasteiger partial charge is 0.241 e. The van der Waals surface area contributed by atoms with Gasteiger partial charge < -0.3 is 0 Å². The number of aromatic nitrogens is 4. The van der Waals surface area contributed by atoms with E-state index in [4.69, 9.17) is 11.6 Å². The fraction of sp³-hybridized carbons (Fsp3) is 0.250. The Morgan fingerprint density at radius 2 is 2.00 bits per heavy atom. The van der Waals surface area contributed by atoms with Gasteiger partial charge in [-0.1, -0.05) is 11.6 Å². The summed E-state index contributed by atoms with van der Waals surface area (Å²) in [7, 11) is 0. The molecule has 0 spiro atoms. The number of rotatable bonds is 2. The third-order valence-electron chi connectivity index (χ3n) is 1.76. The molecule has 0 fully saturated rings. The average Bonchev–Trinajstić information content (AvgIpc) is 2.67. The first-order chi connectivity index (χ1) is 7.16. The van der Waals surface area contributed by atoms with Crippen molar-refractivity contribution in [3.63, 3.8) is 0 Å². The second kappa shape index (κ2) is 4.42. The van der Waals surface area contributed by atoms with Crippen LogP contribution < -0.4 is 0 Å². The van der Waals surface area contributed by atoms with Gasteiger partial charge in [0.05, 0.1) is 11.4 Å². The first-order valence-electron chi connectivity index (χ1n) is 4.12. The van der Waals surface area contributed by atoms with Crippen molar-refractivity contribution in [1.82, 2.24) is 19.3 Å². The molecule has 0 radical (unpaired) electrons. The Morgan fingerprint density at radius 3 is 2.67 bits per heavy atom. The summed E-state index contributed by atoms with van der Waals surface area (Å²) in [4.78, 5) is 12.6. The van der Waals surface area contributed by atoms with Crippen LogP contribution in [0, 0.1) is 13.8 Å². The third kappa shape index (κ3) is 2.45. The minimum atomic E-state index is 0.415. The number of hydrogen-bond acceptors (Lipinski definition) is 6. The quantitative estimate of drug-likeness (QED) is 0.829. The highest BCUT2D eigenvalue weighted by Gasteiger charge is 2.10. The first kappa shape index (κ1) is 10.8. The Bertz CT molecular complexity index is 472. The zero-order valence-corrected chi connectivity index (χ0v) is 10.4. The van der Waals surface area contributed by atoms with Crippen LogP contribution in [0.4, 0.5) is 0 Å². The third-order valence-corrected chi connectivity index (χ3v) is 3.83. The van der Waals surface area contributed by atoms with Crippen molar-refractivity contribution in [2.75, 3.05) is 0 Å². The van der Waals surface area contributed by atoms with Crippen molar-refractivity contribution in [3.8, 4) is 0 Å². The van der Waals surface area contributed by atoms with E-state index >= 15 is 0 Å². The molecule has 0 aliphatic heterocycles. The molecule has 0 bridgehead atoms. The van der Waals surface area contributed by atoms with E-state index in [-0.39, 0.29) is 0 Å². The van der Waals surface area contributed by atoms with E-state index in [0.29, 0.717) is 10.2 Å². The number of aryl methyl sites for hydroxylation is 2. The van der Waals surface area contributed by atoms with E-state index in [0.717, 1.165) is 15.7 Å². The molecule has 7 heteroatoms. The average molecular weight is 259 g/mol. The van der Waals surface area contributed by atoms with Crippen molar-refractivity contribution in [2.24, 2.45) is 0 Å². The molecule has 0 aliphatic carbocycles. The SMILES string of the molecule is Cc1nc(Cl)c(Sc2ncns2)nc1C. The molecule has 2 aromatic heterocycles. The highest BCUT2D eigenvalue weighted by atomic mass is 35.5. The molecule has 2 aromatic rings. The molecule has 0 atom stereocenters. The van der Waals surface area contributed by atoms with Crippen LogP contribution in [0.3, 0.4) is 0 Å². The summed E-state index contributed by atoms with van der Waals surface area (Å²) in [5.41, 5.74) is 1.73. The summed E-state index contributed by atoms with van der Waals surface area (Å²) in [5.74, 6) is 0. The van der Waals surface area contributed by atoms with Gasteiger partial charge in [-0.25, -0.2) is 15.0 Å². The summed E-state index contributed by atoms with van der Waals surface area (Å²) in [6.45, 7) is 3.79. The first-order valence-corrected chi connectivity index (χ1v) is 6.09. The van der Waals surface area contributed by atoms with E-state index in [2.05, 4.69) is 19.3 Å². The minimum absolute atomic E-state index is 0.415. The monoisotopic (exact) mass is 258 g/mol. The van der Waals surface area contributed by atoms with Crippen molar-refractivity contribution in [3.05, 3.63) is 22.9 Å². The molecular formula is C8H7ClN4S2. The lowest BCUT2D eigenvalue weighted by molar-refractivity contribution is 0.957. The molecule has 78 valence electrons. The number of nitrogens with zero attached hydrogens (tertiary/aromatic N) is 4. The van der Waals surface area contributed by atoms with Gasteiger partial charge >= 0.3 is 0 Å². The molecule has 0 saturated carbocycles. The molecule has 0 saturated heterocycles. The van der Waals surface area contributed by atoms with E-state index in [1.54, 1.807) is 0 Å². The summed E-state index contributed by atoms with van der Waals surface area (Å²) in [6.07, 6.45) is 1.51. The molecule has 0 aliphatic rings. The summed E-state index contributed by atoms with van der Waals surface area (Å²) < 4.78 is 4.72. The smallest absolute Gasteiger partial charge is 0.176 e. The summed E-state index contributed by atoms with van der Waals surface area (Å²) in [5, 5.41) is 1.09. The fourth-order valence-corrected chi connectivity index (χ4v) is 2.57. The lowest BCUT2D eigenvalue weighted by atomic mass is 10.4. The zero-order valence-electron chi connectivity index (χ0n) is 8.06. The van der Waals surface area contributed by atoms with Gasteiger partial charge in [0.15, 0.2) is 9.49 Å². The van der Waals surface area contributed by atoms with Crippen LogP contribution in [0.25, 0.3) is 0 Å². The van der Waals surface area contributed by atoms with Crippen molar-refractivity contribution < 1.29 is 0 Å². The zero-order chi connectivity index (χ0) is 10.8. The van der Waals surface area contributed by atoms with E-state index in [9.17, 15) is 0 Å². The maximum atomic E-state index is 5.98. The van der Waals surface area contributed by atoms with Crippen molar-refractivity contribution in [1.29, 1.82) is 0 Å². The Morgan fingerprint density at radius 1 is 1.27 bits per heavy atom. The summed E-state index contributed by atoms with van der Waals surface area (Å²) >= 11 is 8.68. The molecule has 0 aromatic carbocycles. The normalized spacial score (nSPS) is 10.6. The molecule has 4 nitrogen and oxygen atoms in total. The number of halogens is 1. The van der Waals surface area contributed by atoms with Crippen LogP contribution in [0.5, 0.6) is 0 Å². The maximum absolute atomic E-state index is 5.98. The van der Waals surface area contributed by atoms with E-state index in [1.807, 2.05) is 13.8 Å². The maximum Gasteiger partial charge on any atom is 0.176 e. The van der Waals surface area contributed by atoms with Crippen LogP contribution in [0.2, 0.25) is 5.15 Å². The molecule has 2 rings (SSSR count). The van der Waals surface area contributed by atoms with Gasteiger partial charge in [0.25, 0.3) is 0 Å². The highest BCUT2D eigenvalue weighted by Crippen LogP contribution is 2.31. The molecule has 0 unspecified atom stereocenters. The molecule has 0 N–H and O–H groups in total. The lowest BCUT2D eigenvalue weighted by Gasteiger charge is -2.03. The Labute approximate surface area is 100 Å². The van der Waals surface area contributed by atoms with Crippen LogP contribution in [0.15, 0.2) is 15.7 Å². The van der Waals surface area contributed by atoms with Crippen molar-refractivity contribution in [2.45, 2.75) is 23.2 Å². The Kier molecular flexibility index (Phi) is 3.18. The molecule has 2 heterocycles. The van der Waals surface area contributed by atoms with Gasteiger partial charge in [-0.05, 0) is 37.1 Å². The van der Waals surface area contributed by atoms with Crippen LogP contribution in [-0.2, 0) is 0 Å². The van der Waals surface area contributed by atoms with Gasteiger partial charge in [0.1, 0.15) is 11.4 Å². The van der Waals surface area contributed by atoms with E-state index in [1.165, 1.54) is 29.6 Å². The standard InChI is InChI=1S/C8H7ClN4S2/c1-4-5(2)13-7(6(9)12-4)14-8-10-3-11-15-8/h3H,1-2H3. The molecule has 0 amide bonds. The molecule has 15 heavy (non-hydrogen) atoms. The Balaban J connectivity index is 2.33. The number of hydrogen-bond donors (Lipinski definition) is 0. The summed E-state index contributed by atoms with van der Waals surface area (Å²) in [6, 6.07) is 0. The van der Waals surface area contributed by atoms with Crippen LogP contribution >= 0.6 is 34.9 Å². The molecular weight excluding hydrogens is 252 g/mol. The second-order valence-electron chi connectivity index (χ2n) is 2.80. The van der Waals surface area contributed by atoms with Gasteiger partial charge in [-0.15, -0.1) is 0 Å². The van der Waals surface area contributed by atoms with Crippen LogP contribution in [-0.4, -0.2) is 19.3 Å². The highest BCUT2D eigenvalue weighted by molar-refractivity contribution is 8.01. The van der Waals surface area contributed by atoms with Gasteiger partial charge in [0, 0.05) is 0 Å². The van der Waals surface area contributed by atoms with E-state index < -0.39 is 0 Å². The van der Waals surface area contributed by atoms with Gasteiger partial charge in [-0.3, -0.25) is 0 Å². The van der Waals surface area contributed by atoms with Gasteiger partial charge in [-0.2, -0.15) is 4.37 Å². The second-order valence-corrected chi connectivity index (χ2v) is 5.17. The van der Waals surface area contributed by atoms with Gasteiger partial charge in [0.2, 0.25) is 0 Å². The van der Waals surface area contributed by atoms with Crippen LogP contribution in [0.1, 0.15) is 11.4 Å². The minimum Gasteiger partial charge on any atom is -0.241 e. The van der Waals surface area contributed by atoms with Crippen molar-refractivity contribution >= 4 is 34.9 Å². The topological polar surface area (TPSA) is 51.6 Å².